The SMILES string of the molecule is CCOP(=O)(Cc1ncc(-c2cc(C(C)(C)C)no2)o1)OCC. The molecule has 0 fully saturated rings. The molecule has 2 heterocycles. The highest BCUT2D eigenvalue weighted by molar-refractivity contribution is 7.52. The van der Waals surface area contributed by atoms with E-state index >= 15 is 0 Å². The summed E-state index contributed by atoms with van der Waals surface area (Å²) in [7, 11) is -3.24. The first-order valence-electron chi connectivity index (χ1n) is 7.58. The second kappa shape index (κ2) is 6.99. The molecule has 128 valence electrons. The van der Waals surface area contributed by atoms with Crippen LogP contribution in [0.1, 0.15) is 46.2 Å². The van der Waals surface area contributed by atoms with Crippen molar-refractivity contribution in [2.45, 2.75) is 46.2 Å². The van der Waals surface area contributed by atoms with Crippen LogP contribution in [0.2, 0.25) is 0 Å². The Hall–Kier alpha value is -1.43. The van der Waals surface area contributed by atoms with Gasteiger partial charge in [-0.15, -0.1) is 0 Å². The molecule has 0 atom stereocenters. The van der Waals surface area contributed by atoms with Crippen molar-refractivity contribution in [2.24, 2.45) is 0 Å². The van der Waals surface area contributed by atoms with Crippen LogP contribution >= 0.6 is 7.60 Å². The molecule has 0 radical (unpaired) electrons. The van der Waals surface area contributed by atoms with Gasteiger partial charge in [-0.3, -0.25) is 4.57 Å². The van der Waals surface area contributed by atoms with Crippen LogP contribution in [0.15, 0.2) is 21.2 Å². The summed E-state index contributed by atoms with van der Waals surface area (Å²) in [5.74, 6) is 1.19. The van der Waals surface area contributed by atoms with Crippen molar-refractivity contribution in [1.82, 2.24) is 10.1 Å². The molecule has 2 rings (SSSR count). The Morgan fingerprint density at radius 2 is 1.83 bits per heavy atom. The fourth-order valence-electron chi connectivity index (χ4n) is 1.93. The quantitative estimate of drug-likeness (QED) is 0.689. The van der Waals surface area contributed by atoms with Crippen LogP contribution in [0.4, 0.5) is 0 Å². The number of aromatic nitrogens is 2. The Morgan fingerprint density at radius 3 is 2.35 bits per heavy atom. The van der Waals surface area contributed by atoms with Crippen LogP contribution < -0.4 is 0 Å². The lowest BCUT2D eigenvalue weighted by molar-refractivity contribution is 0.217. The molecule has 0 aliphatic carbocycles. The van der Waals surface area contributed by atoms with Crippen molar-refractivity contribution in [1.29, 1.82) is 0 Å². The molecule has 2 aromatic rings. The van der Waals surface area contributed by atoms with Crippen LogP contribution in [0.5, 0.6) is 0 Å². The maximum atomic E-state index is 12.5. The van der Waals surface area contributed by atoms with Crippen molar-refractivity contribution in [3.05, 3.63) is 23.8 Å². The largest absolute Gasteiger partial charge is 0.437 e. The summed E-state index contributed by atoms with van der Waals surface area (Å²) in [5.41, 5.74) is 0.698. The van der Waals surface area contributed by atoms with Gasteiger partial charge in [-0.1, -0.05) is 25.9 Å². The van der Waals surface area contributed by atoms with E-state index in [0.717, 1.165) is 5.69 Å². The van der Waals surface area contributed by atoms with Crippen LogP contribution in [0, 0.1) is 0 Å². The molecule has 0 aromatic carbocycles. The highest BCUT2D eigenvalue weighted by Gasteiger charge is 2.28. The van der Waals surface area contributed by atoms with Gasteiger partial charge in [-0.25, -0.2) is 4.98 Å². The van der Waals surface area contributed by atoms with Crippen molar-refractivity contribution < 1.29 is 22.6 Å². The van der Waals surface area contributed by atoms with Crippen molar-refractivity contribution >= 4 is 7.60 Å². The minimum Gasteiger partial charge on any atom is -0.437 e. The van der Waals surface area contributed by atoms with Crippen LogP contribution in [0.3, 0.4) is 0 Å². The Morgan fingerprint density at radius 1 is 1.17 bits per heavy atom. The molecular weight excluding hydrogens is 319 g/mol. The molecule has 23 heavy (non-hydrogen) atoms. The molecule has 8 heteroatoms. The Balaban J connectivity index is 2.17. The van der Waals surface area contributed by atoms with Gasteiger partial charge in [0.25, 0.3) is 0 Å². The van der Waals surface area contributed by atoms with E-state index < -0.39 is 7.60 Å². The zero-order valence-corrected chi connectivity index (χ0v) is 15.1. The Kier molecular flexibility index (Phi) is 5.45. The third-order valence-electron chi connectivity index (χ3n) is 3.06. The monoisotopic (exact) mass is 342 g/mol. The molecule has 2 aromatic heterocycles. The van der Waals surface area contributed by atoms with Gasteiger partial charge in [-0.2, -0.15) is 0 Å². The summed E-state index contributed by atoms with van der Waals surface area (Å²) >= 11 is 0. The molecule has 0 spiro atoms. The minimum atomic E-state index is -3.24. The topological polar surface area (TPSA) is 87.6 Å². The summed E-state index contributed by atoms with van der Waals surface area (Å²) in [6.45, 7) is 10.2. The van der Waals surface area contributed by atoms with Gasteiger partial charge in [0, 0.05) is 11.5 Å². The predicted molar refractivity (Wildman–Crippen MR) is 85.3 cm³/mol. The summed E-state index contributed by atoms with van der Waals surface area (Å²) in [5, 5.41) is 4.04. The second-order valence-electron chi connectivity index (χ2n) is 6.05. The third kappa shape index (κ3) is 4.53. The van der Waals surface area contributed by atoms with Gasteiger partial charge in [0.05, 0.1) is 25.1 Å². The van der Waals surface area contributed by atoms with E-state index in [-0.39, 0.29) is 17.5 Å². The molecule has 0 aliphatic heterocycles. The first-order chi connectivity index (χ1) is 10.8. The molecule has 0 unspecified atom stereocenters. The van der Waals surface area contributed by atoms with Gasteiger partial charge >= 0.3 is 7.60 Å². The van der Waals surface area contributed by atoms with Crippen molar-refractivity contribution in [2.75, 3.05) is 13.2 Å². The van der Waals surface area contributed by atoms with E-state index in [4.69, 9.17) is 18.0 Å². The first-order valence-corrected chi connectivity index (χ1v) is 9.30. The summed E-state index contributed by atoms with van der Waals surface area (Å²) < 4.78 is 33.9. The van der Waals surface area contributed by atoms with Crippen LogP contribution in [-0.4, -0.2) is 23.4 Å². The van der Waals surface area contributed by atoms with Crippen LogP contribution in [-0.2, 0) is 25.2 Å². The summed E-state index contributed by atoms with van der Waals surface area (Å²) in [6.07, 6.45) is 1.50. The van der Waals surface area contributed by atoms with Gasteiger partial charge in [0.1, 0.15) is 6.16 Å². The standard InChI is InChI=1S/C15H23N2O5P/c1-6-19-23(18,20-7-2)10-14-16-9-12(21-14)11-8-13(17-22-11)15(3,4)5/h8-9H,6-7,10H2,1-5H3. The van der Waals surface area contributed by atoms with Crippen molar-refractivity contribution in [3.63, 3.8) is 0 Å². The maximum Gasteiger partial charge on any atom is 0.339 e. The van der Waals surface area contributed by atoms with Crippen molar-refractivity contribution in [3.8, 4) is 11.5 Å². The average molecular weight is 342 g/mol. The molecule has 0 bridgehead atoms. The van der Waals surface area contributed by atoms with E-state index in [1.165, 1.54) is 6.20 Å². The lowest BCUT2D eigenvalue weighted by Gasteiger charge is -2.14. The number of oxazole rings is 1. The normalized spacial score (nSPS) is 12.7. The highest BCUT2D eigenvalue weighted by Crippen LogP contribution is 2.51. The predicted octanol–water partition coefficient (Wildman–Crippen LogP) is 4.39. The van der Waals surface area contributed by atoms with Crippen LogP contribution in [0.25, 0.3) is 11.5 Å². The van der Waals surface area contributed by atoms with E-state index in [1.807, 2.05) is 26.8 Å². The van der Waals surface area contributed by atoms with E-state index in [1.54, 1.807) is 13.8 Å². The zero-order chi connectivity index (χ0) is 17.1. The van der Waals surface area contributed by atoms with Gasteiger partial charge in [-0.05, 0) is 13.8 Å². The molecular formula is C15H23N2O5P. The van der Waals surface area contributed by atoms with Gasteiger partial charge in [0.2, 0.25) is 11.7 Å². The maximum absolute atomic E-state index is 12.5. The molecule has 0 saturated carbocycles. The molecule has 0 aliphatic rings. The lowest BCUT2D eigenvalue weighted by Crippen LogP contribution is -2.10. The van der Waals surface area contributed by atoms with Gasteiger partial charge < -0.3 is 18.0 Å². The highest BCUT2D eigenvalue weighted by atomic mass is 31.2. The second-order valence-corrected chi connectivity index (χ2v) is 8.10. The molecule has 0 saturated heterocycles. The number of rotatable bonds is 7. The molecule has 7 nitrogen and oxygen atoms in total. The number of hydrogen-bond acceptors (Lipinski definition) is 7. The average Bonchev–Trinajstić information content (AvgIpc) is 3.06. The molecule has 0 amide bonds. The molecule has 0 N–H and O–H groups in total. The van der Waals surface area contributed by atoms with E-state index in [9.17, 15) is 4.57 Å². The smallest absolute Gasteiger partial charge is 0.339 e. The third-order valence-corrected chi connectivity index (χ3v) is 5.02. The summed E-state index contributed by atoms with van der Waals surface area (Å²) in [4.78, 5) is 4.13. The van der Waals surface area contributed by atoms with Gasteiger partial charge in [0.15, 0.2) is 5.76 Å². The van der Waals surface area contributed by atoms with E-state index in [0.29, 0.717) is 24.7 Å². The minimum absolute atomic E-state index is 0.0189. The zero-order valence-electron chi connectivity index (χ0n) is 14.2. The fraction of sp³-hybridized carbons (Fsp3) is 0.600. The van der Waals surface area contributed by atoms with E-state index in [2.05, 4.69) is 10.1 Å². The fourth-order valence-corrected chi connectivity index (χ4v) is 3.45. The number of hydrogen-bond donors (Lipinski definition) is 0. The Bertz CT molecular complexity index is 676. The summed E-state index contributed by atoms with van der Waals surface area (Å²) in [6, 6.07) is 1.81. The Labute approximate surface area is 135 Å². The lowest BCUT2D eigenvalue weighted by atomic mass is 9.92. The first kappa shape index (κ1) is 17.9. The number of nitrogens with zero attached hydrogens (tertiary/aromatic N) is 2.